The van der Waals surface area contributed by atoms with Crippen LogP contribution in [0, 0.1) is 0 Å². The van der Waals surface area contributed by atoms with Crippen molar-refractivity contribution in [2.45, 2.75) is 25.0 Å². The van der Waals surface area contributed by atoms with Gasteiger partial charge in [-0.15, -0.1) is 0 Å². The average molecular weight is 336 g/mol. The minimum atomic E-state index is -0.525. The first-order valence-electron chi connectivity index (χ1n) is 7.91. The van der Waals surface area contributed by atoms with Gasteiger partial charge in [0, 0.05) is 36.4 Å². The Morgan fingerprint density at radius 1 is 1.39 bits per heavy atom. The summed E-state index contributed by atoms with van der Waals surface area (Å²) in [4.78, 5) is 2.31. The number of aliphatic hydroxyl groups is 1. The maximum Gasteiger partial charge on any atom is 0.119 e. The summed E-state index contributed by atoms with van der Waals surface area (Å²) in [6.45, 7) is 1.88. The molecule has 1 aliphatic heterocycles. The topological polar surface area (TPSA) is 50.5 Å². The van der Waals surface area contributed by atoms with E-state index in [1.54, 1.807) is 12.1 Å². The first-order valence-corrected chi connectivity index (χ1v) is 8.28. The Morgan fingerprint density at radius 2 is 2.17 bits per heavy atom. The Bertz CT molecular complexity index is 629. The maximum atomic E-state index is 10.3. The highest BCUT2D eigenvalue weighted by Crippen LogP contribution is 2.31. The number of likely N-dealkylation sites (tertiary alicyclic amines) is 1. The van der Waals surface area contributed by atoms with E-state index >= 15 is 0 Å². The third kappa shape index (κ3) is 4.25. The number of hydrogen-bond donors (Lipinski definition) is 1. The summed E-state index contributed by atoms with van der Waals surface area (Å²) in [5.74, 6) is 0.721. The fourth-order valence-electron chi connectivity index (χ4n) is 3.08. The fraction of sp³-hybridized carbons (Fsp3) is 0.471. The maximum absolute atomic E-state index is 10.3. The molecule has 1 aliphatic rings. The molecular weight excluding hydrogens is 314 g/mol. The van der Waals surface area contributed by atoms with Crippen LogP contribution in [0.2, 0.25) is 5.02 Å². The zero-order valence-corrected chi connectivity index (χ0v) is 14.0. The van der Waals surface area contributed by atoms with Crippen LogP contribution in [0.15, 0.2) is 36.7 Å². The van der Waals surface area contributed by atoms with Crippen LogP contribution < -0.4 is 4.74 Å². The van der Waals surface area contributed by atoms with E-state index in [0.717, 1.165) is 25.1 Å². The van der Waals surface area contributed by atoms with Gasteiger partial charge in [0.1, 0.15) is 18.5 Å². The van der Waals surface area contributed by atoms with Crippen molar-refractivity contribution in [2.24, 2.45) is 7.05 Å². The minimum Gasteiger partial charge on any atom is -0.491 e. The van der Waals surface area contributed by atoms with E-state index in [9.17, 15) is 5.11 Å². The minimum absolute atomic E-state index is 0.276. The van der Waals surface area contributed by atoms with E-state index < -0.39 is 6.10 Å². The zero-order valence-electron chi connectivity index (χ0n) is 13.2. The molecule has 0 bridgehead atoms. The summed E-state index contributed by atoms with van der Waals surface area (Å²) in [6, 6.07) is 7.52. The lowest BCUT2D eigenvalue weighted by Gasteiger charge is -2.26. The summed E-state index contributed by atoms with van der Waals surface area (Å²) < 4.78 is 7.45. The molecule has 0 radical (unpaired) electrons. The van der Waals surface area contributed by atoms with E-state index in [-0.39, 0.29) is 6.61 Å². The van der Waals surface area contributed by atoms with Crippen molar-refractivity contribution in [3.05, 3.63) is 47.2 Å². The highest BCUT2D eigenvalue weighted by Gasteiger charge is 2.28. The molecule has 1 aromatic heterocycles. The number of halogens is 1. The summed E-state index contributed by atoms with van der Waals surface area (Å²) >= 11 is 5.85. The number of ether oxygens (including phenoxy) is 1. The predicted molar refractivity (Wildman–Crippen MR) is 89.7 cm³/mol. The van der Waals surface area contributed by atoms with Gasteiger partial charge in [-0.25, -0.2) is 0 Å². The quantitative estimate of drug-likeness (QED) is 0.881. The molecule has 2 aromatic rings. The van der Waals surface area contributed by atoms with Crippen LogP contribution in [0.5, 0.6) is 5.75 Å². The summed E-state index contributed by atoms with van der Waals surface area (Å²) in [6.07, 6.45) is 5.70. The van der Waals surface area contributed by atoms with Crippen molar-refractivity contribution in [3.63, 3.8) is 0 Å². The SMILES string of the molecule is Cn1cc([C@H]2CCCN2C[C@H](O)COc2ccc(Cl)cc2)cn1. The monoisotopic (exact) mass is 335 g/mol. The van der Waals surface area contributed by atoms with Crippen LogP contribution in [-0.4, -0.2) is 45.6 Å². The van der Waals surface area contributed by atoms with Crippen molar-refractivity contribution in [3.8, 4) is 5.75 Å². The molecule has 1 saturated heterocycles. The van der Waals surface area contributed by atoms with Gasteiger partial charge in [0.2, 0.25) is 0 Å². The van der Waals surface area contributed by atoms with Gasteiger partial charge in [-0.2, -0.15) is 5.10 Å². The average Bonchev–Trinajstić information content (AvgIpc) is 3.15. The Hall–Kier alpha value is -1.56. The standard InChI is InChI=1S/C17H22ClN3O2/c1-20-10-13(9-19-20)17-3-2-8-21(17)11-15(22)12-23-16-6-4-14(18)5-7-16/h4-7,9-10,15,17,22H,2-3,8,11-12H2,1H3/t15-,17+/m0/s1. The third-order valence-electron chi connectivity index (χ3n) is 4.17. The zero-order chi connectivity index (χ0) is 16.2. The summed E-state index contributed by atoms with van der Waals surface area (Å²) in [5, 5.41) is 15.2. The molecule has 0 saturated carbocycles. The first kappa shape index (κ1) is 16.3. The second-order valence-corrected chi connectivity index (χ2v) is 6.46. The predicted octanol–water partition coefficient (Wildman–Crippen LogP) is 2.65. The molecule has 0 aliphatic carbocycles. The number of nitrogens with zero attached hydrogens (tertiary/aromatic N) is 3. The van der Waals surface area contributed by atoms with Crippen molar-refractivity contribution in [1.29, 1.82) is 0 Å². The summed E-state index contributed by atoms with van der Waals surface area (Å²) in [7, 11) is 1.93. The van der Waals surface area contributed by atoms with Gasteiger partial charge in [-0.3, -0.25) is 9.58 Å². The van der Waals surface area contributed by atoms with E-state index in [2.05, 4.69) is 16.2 Å². The van der Waals surface area contributed by atoms with Crippen LogP contribution in [0.1, 0.15) is 24.4 Å². The van der Waals surface area contributed by atoms with Gasteiger partial charge in [0.25, 0.3) is 0 Å². The van der Waals surface area contributed by atoms with Gasteiger partial charge >= 0.3 is 0 Å². The number of aliphatic hydroxyl groups excluding tert-OH is 1. The molecule has 1 N–H and O–H groups in total. The molecule has 2 heterocycles. The molecule has 1 aromatic carbocycles. The fourth-order valence-corrected chi connectivity index (χ4v) is 3.21. The van der Waals surface area contributed by atoms with Crippen molar-refractivity contribution >= 4 is 11.6 Å². The van der Waals surface area contributed by atoms with E-state index in [0.29, 0.717) is 17.6 Å². The smallest absolute Gasteiger partial charge is 0.119 e. The molecule has 5 nitrogen and oxygen atoms in total. The van der Waals surface area contributed by atoms with Crippen LogP contribution in [0.4, 0.5) is 0 Å². The van der Waals surface area contributed by atoms with Crippen LogP contribution in [-0.2, 0) is 7.05 Å². The Morgan fingerprint density at radius 3 is 2.87 bits per heavy atom. The van der Waals surface area contributed by atoms with Gasteiger partial charge < -0.3 is 9.84 Å². The number of aryl methyl sites for hydroxylation is 1. The van der Waals surface area contributed by atoms with Crippen LogP contribution in [0.25, 0.3) is 0 Å². The van der Waals surface area contributed by atoms with Gasteiger partial charge in [0.15, 0.2) is 0 Å². The molecule has 23 heavy (non-hydrogen) atoms. The largest absolute Gasteiger partial charge is 0.491 e. The number of β-amino-alcohol motifs (C(OH)–C–C–N with tert-alkyl or cyclic N) is 1. The molecule has 3 rings (SSSR count). The number of rotatable bonds is 6. The first-order chi connectivity index (χ1) is 11.1. The van der Waals surface area contributed by atoms with Gasteiger partial charge in [0.05, 0.1) is 6.20 Å². The molecule has 6 heteroatoms. The lowest BCUT2D eigenvalue weighted by Crippen LogP contribution is -2.35. The van der Waals surface area contributed by atoms with Crippen LogP contribution in [0.3, 0.4) is 0 Å². The second kappa shape index (κ2) is 7.34. The number of hydrogen-bond acceptors (Lipinski definition) is 4. The van der Waals surface area contributed by atoms with E-state index in [4.69, 9.17) is 16.3 Å². The Balaban J connectivity index is 1.52. The Kier molecular flexibility index (Phi) is 5.20. The highest BCUT2D eigenvalue weighted by atomic mass is 35.5. The molecule has 0 unspecified atom stereocenters. The highest BCUT2D eigenvalue weighted by molar-refractivity contribution is 6.30. The Labute approximate surface area is 141 Å². The number of aromatic nitrogens is 2. The lowest BCUT2D eigenvalue weighted by molar-refractivity contribution is 0.0638. The second-order valence-electron chi connectivity index (χ2n) is 6.02. The lowest BCUT2D eigenvalue weighted by atomic mass is 10.1. The molecular formula is C17H22ClN3O2. The normalized spacial score (nSPS) is 19.9. The van der Waals surface area contributed by atoms with Crippen molar-refractivity contribution < 1.29 is 9.84 Å². The number of benzene rings is 1. The molecule has 124 valence electrons. The van der Waals surface area contributed by atoms with E-state index in [1.807, 2.05) is 30.1 Å². The molecule has 0 spiro atoms. The van der Waals surface area contributed by atoms with Crippen LogP contribution >= 0.6 is 11.6 Å². The van der Waals surface area contributed by atoms with Crippen molar-refractivity contribution in [1.82, 2.24) is 14.7 Å². The molecule has 1 fully saturated rings. The van der Waals surface area contributed by atoms with Gasteiger partial charge in [-0.1, -0.05) is 11.6 Å². The van der Waals surface area contributed by atoms with E-state index in [1.165, 1.54) is 5.56 Å². The summed E-state index contributed by atoms with van der Waals surface area (Å²) in [5.41, 5.74) is 1.22. The third-order valence-corrected chi connectivity index (χ3v) is 4.43. The van der Waals surface area contributed by atoms with Crippen molar-refractivity contribution in [2.75, 3.05) is 19.7 Å². The van der Waals surface area contributed by atoms with Gasteiger partial charge in [-0.05, 0) is 43.7 Å². The molecule has 0 amide bonds. The molecule has 2 atom stereocenters.